The summed E-state index contributed by atoms with van der Waals surface area (Å²) in [6.07, 6.45) is 6.91. The first-order chi connectivity index (χ1) is 20.9. The van der Waals surface area contributed by atoms with Crippen LogP contribution in [0.25, 0.3) is 66.9 Å². The van der Waals surface area contributed by atoms with Crippen LogP contribution in [0.2, 0.25) is 0 Å². The van der Waals surface area contributed by atoms with Crippen molar-refractivity contribution in [2.75, 3.05) is 0 Å². The normalized spacial score (nSPS) is 14.3. The molecule has 3 aliphatic rings. The van der Waals surface area contributed by atoms with Crippen LogP contribution >= 0.6 is 0 Å². The summed E-state index contributed by atoms with van der Waals surface area (Å²) < 4.78 is 7.69. The Labute approximate surface area is 242 Å². The Morgan fingerprint density at radius 1 is 0.571 bits per heavy atom. The Morgan fingerprint density at radius 2 is 1.29 bits per heavy atom. The minimum Gasteiger partial charge on any atom is -0.311 e. The van der Waals surface area contributed by atoms with E-state index in [1.165, 1.54) is 88.5 Å². The molecule has 0 saturated carbocycles. The summed E-state index contributed by atoms with van der Waals surface area (Å²) >= 11 is 0. The SMILES string of the molecule is C1=Cc2c(c3cc4c5ccccc5n5c4c4c3n2-c2ccccc2B4c2c-5n(-c3ccccc3)c3ccccc23)CC1. The van der Waals surface area contributed by atoms with Crippen LogP contribution in [0.1, 0.15) is 17.7 Å². The van der Waals surface area contributed by atoms with Gasteiger partial charge < -0.3 is 4.57 Å². The van der Waals surface area contributed by atoms with Gasteiger partial charge in [0.05, 0.1) is 22.1 Å². The van der Waals surface area contributed by atoms with Crippen LogP contribution in [0.5, 0.6) is 0 Å². The quantitative estimate of drug-likeness (QED) is 0.207. The largest absolute Gasteiger partial charge is 0.311 e. The topological polar surface area (TPSA) is 14.8 Å². The zero-order valence-corrected chi connectivity index (χ0v) is 22.9. The zero-order chi connectivity index (χ0) is 27.1. The van der Waals surface area contributed by atoms with Gasteiger partial charge in [-0.15, -0.1) is 0 Å². The molecule has 0 spiro atoms. The van der Waals surface area contributed by atoms with E-state index in [-0.39, 0.29) is 6.71 Å². The van der Waals surface area contributed by atoms with Gasteiger partial charge in [-0.2, -0.15) is 0 Å². The molecule has 0 fully saturated rings. The number of aryl methyl sites for hydroxylation is 1. The Kier molecular flexibility index (Phi) is 3.76. The Hall–Kier alpha value is -5.22. The lowest BCUT2D eigenvalue weighted by Gasteiger charge is -2.32. The predicted molar refractivity (Wildman–Crippen MR) is 176 cm³/mol. The lowest BCUT2D eigenvalue weighted by Crippen LogP contribution is -2.59. The molecular formula is C38H24BN3. The smallest absolute Gasteiger partial charge is 0.255 e. The molecule has 0 amide bonds. The van der Waals surface area contributed by atoms with Crippen LogP contribution in [0.4, 0.5) is 0 Å². The number of rotatable bonds is 1. The van der Waals surface area contributed by atoms with E-state index in [0.717, 1.165) is 12.8 Å². The van der Waals surface area contributed by atoms with Crippen molar-refractivity contribution in [3.05, 3.63) is 127 Å². The molecule has 4 heteroatoms. The van der Waals surface area contributed by atoms with Gasteiger partial charge in [0.25, 0.3) is 6.71 Å². The molecule has 42 heavy (non-hydrogen) atoms. The molecule has 0 unspecified atom stereocenters. The van der Waals surface area contributed by atoms with Gasteiger partial charge in [0, 0.05) is 33.2 Å². The van der Waals surface area contributed by atoms with Crippen LogP contribution in [0, 0.1) is 0 Å². The molecule has 8 aromatic rings. The molecule has 5 heterocycles. The van der Waals surface area contributed by atoms with Crippen LogP contribution < -0.4 is 16.4 Å². The van der Waals surface area contributed by atoms with Crippen molar-refractivity contribution in [3.8, 4) is 17.2 Å². The molecule has 3 nitrogen and oxygen atoms in total. The Morgan fingerprint density at radius 3 is 2.17 bits per heavy atom. The minimum atomic E-state index is 0.141. The van der Waals surface area contributed by atoms with Crippen molar-refractivity contribution in [3.63, 3.8) is 0 Å². The number of para-hydroxylation sites is 4. The molecule has 0 atom stereocenters. The number of allylic oxidation sites excluding steroid dienone is 1. The number of benzene rings is 5. The summed E-state index contributed by atoms with van der Waals surface area (Å²) in [5.74, 6) is 1.27. The fourth-order valence-electron chi connectivity index (χ4n) is 8.60. The first-order valence-corrected chi connectivity index (χ1v) is 15.0. The summed E-state index contributed by atoms with van der Waals surface area (Å²) in [6.45, 7) is 0.141. The Balaban J connectivity index is 1.48. The standard InChI is InChI=1S/C38H24BN3/c1-2-12-23(13-3-1)40-32-20-10-6-16-26(32)34-38(40)42-31-19-9-5-15-25(31)28-22-27-24-14-4-8-18-30(24)41-33-21-11-7-17-29(33)39(34)35(36(27)41)37(28)42/h1-3,5-13,15-22H,4,14H2. The average Bonchev–Trinajstić information content (AvgIpc) is 3.69. The maximum absolute atomic E-state index is 2.60. The second kappa shape index (κ2) is 7.34. The molecule has 0 saturated heterocycles. The van der Waals surface area contributed by atoms with E-state index in [2.05, 4.69) is 135 Å². The van der Waals surface area contributed by atoms with E-state index >= 15 is 0 Å². The van der Waals surface area contributed by atoms with Crippen molar-refractivity contribution in [1.29, 1.82) is 0 Å². The fraction of sp³-hybridized carbons (Fsp3) is 0.0526. The maximum atomic E-state index is 2.60. The van der Waals surface area contributed by atoms with Crippen LogP contribution in [-0.2, 0) is 6.42 Å². The second-order valence-corrected chi connectivity index (χ2v) is 12.0. The molecule has 5 aromatic carbocycles. The van der Waals surface area contributed by atoms with E-state index < -0.39 is 0 Å². The lowest BCUT2D eigenvalue weighted by molar-refractivity contribution is 0.968. The van der Waals surface area contributed by atoms with Gasteiger partial charge in [-0.3, -0.25) is 9.13 Å². The second-order valence-electron chi connectivity index (χ2n) is 12.0. The van der Waals surface area contributed by atoms with Crippen molar-refractivity contribution in [1.82, 2.24) is 13.7 Å². The maximum Gasteiger partial charge on any atom is 0.255 e. The van der Waals surface area contributed by atoms with E-state index in [0.29, 0.717) is 0 Å². The van der Waals surface area contributed by atoms with Crippen LogP contribution in [-0.4, -0.2) is 20.4 Å². The summed E-state index contributed by atoms with van der Waals surface area (Å²) in [7, 11) is 0. The molecule has 11 rings (SSSR count). The van der Waals surface area contributed by atoms with E-state index in [1.807, 2.05) is 0 Å². The van der Waals surface area contributed by atoms with Gasteiger partial charge in [0.2, 0.25) is 0 Å². The van der Waals surface area contributed by atoms with E-state index in [9.17, 15) is 0 Å². The van der Waals surface area contributed by atoms with Gasteiger partial charge in [0.15, 0.2) is 0 Å². The van der Waals surface area contributed by atoms with Crippen LogP contribution in [0.15, 0.2) is 115 Å². The van der Waals surface area contributed by atoms with Gasteiger partial charge in [-0.25, -0.2) is 0 Å². The molecule has 0 radical (unpaired) electrons. The first kappa shape index (κ1) is 21.5. The highest BCUT2D eigenvalue weighted by atomic mass is 15.2. The third-order valence-electron chi connectivity index (χ3n) is 10.1. The van der Waals surface area contributed by atoms with Gasteiger partial charge in [-0.1, -0.05) is 78.9 Å². The molecule has 2 aliphatic heterocycles. The molecule has 0 N–H and O–H groups in total. The lowest BCUT2D eigenvalue weighted by atomic mass is 9.34. The third-order valence-corrected chi connectivity index (χ3v) is 10.1. The number of hydrogen-bond donors (Lipinski definition) is 0. The highest BCUT2D eigenvalue weighted by Crippen LogP contribution is 2.43. The van der Waals surface area contributed by atoms with Crippen molar-refractivity contribution < 1.29 is 0 Å². The predicted octanol–water partition coefficient (Wildman–Crippen LogP) is 6.77. The minimum absolute atomic E-state index is 0.141. The monoisotopic (exact) mass is 533 g/mol. The number of nitrogens with zero attached hydrogens (tertiary/aromatic N) is 3. The number of fused-ring (bicyclic) bond motifs is 14. The summed E-state index contributed by atoms with van der Waals surface area (Å²) in [5, 5.41) is 5.44. The van der Waals surface area contributed by atoms with Crippen LogP contribution in [0.3, 0.4) is 0 Å². The van der Waals surface area contributed by atoms with Crippen molar-refractivity contribution in [2.24, 2.45) is 0 Å². The summed E-state index contributed by atoms with van der Waals surface area (Å²) in [4.78, 5) is 0. The molecule has 194 valence electrons. The van der Waals surface area contributed by atoms with Crippen molar-refractivity contribution >= 4 is 72.8 Å². The van der Waals surface area contributed by atoms with E-state index in [4.69, 9.17) is 0 Å². The molecule has 0 bridgehead atoms. The molecular weight excluding hydrogens is 509 g/mol. The number of hydrogen-bond acceptors (Lipinski definition) is 0. The Bertz CT molecular complexity index is 2520. The van der Waals surface area contributed by atoms with Gasteiger partial charge in [0.1, 0.15) is 5.82 Å². The average molecular weight is 533 g/mol. The van der Waals surface area contributed by atoms with Crippen molar-refractivity contribution in [2.45, 2.75) is 12.8 Å². The van der Waals surface area contributed by atoms with Gasteiger partial charge in [-0.05, 0) is 82.7 Å². The van der Waals surface area contributed by atoms with E-state index in [1.54, 1.807) is 0 Å². The number of aromatic nitrogens is 3. The summed E-state index contributed by atoms with van der Waals surface area (Å²) in [6, 6.07) is 40.6. The highest BCUT2D eigenvalue weighted by molar-refractivity contribution is 7.01. The fourth-order valence-corrected chi connectivity index (χ4v) is 8.60. The van der Waals surface area contributed by atoms with Gasteiger partial charge >= 0.3 is 0 Å². The molecule has 3 aromatic heterocycles. The molecule has 1 aliphatic carbocycles. The zero-order valence-electron chi connectivity index (χ0n) is 22.9. The summed E-state index contributed by atoms with van der Waals surface area (Å²) in [5.41, 5.74) is 14.9. The third kappa shape index (κ3) is 2.32. The highest BCUT2D eigenvalue weighted by Gasteiger charge is 2.44. The first-order valence-electron chi connectivity index (χ1n) is 15.0.